The van der Waals surface area contributed by atoms with E-state index in [0.29, 0.717) is 5.56 Å². The van der Waals surface area contributed by atoms with E-state index < -0.39 is 11.4 Å². The second kappa shape index (κ2) is 8.00. The van der Waals surface area contributed by atoms with Crippen molar-refractivity contribution in [1.29, 1.82) is 0 Å². The Hall–Kier alpha value is -2.86. The molecule has 2 aliphatic rings. The fraction of sp³-hybridized carbons (Fsp3) is 0.440. The van der Waals surface area contributed by atoms with Crippen molar-refractivity contribution < 1.29 is 19.1 Å². The Labute approximate surface area is 183 Å². The minimum atomic E-state index is -0.790. The lowest BCUT2D eigenvalue weighted by Gasteiger charge is -2.29. The van der Waals surface area contributed by atoms with E-state index in [1.807, 2.05) is 39.8 Å². The summed E-state index contributed by atoms with van der Waals surface area (Å²) >= 11 is 0. The first-order chi connectivity index (χ1) is 14.8. The van der Waals surface area contributed by atoms with Crippen LogP contribution in [0.15, 0.2) is 36.4 Å². The number of nitrogens with zero attached hydrogens (tertiary/aromatic N) is 2. The van der Waals surface area contributed by atoms with Crippen molar-refractivity contribution in [2.45, 2.75) is 39.2 Å². The summed E-state index contributed by atoms with van der Waals surface area (Å²) in [6, 6.07) is 12.2. The normalized spacial score (nSPS) is 17.8. The van der Waals surface area contributed by atoms with E-state index >= 15 is 0 Å². The maximum atomic E-state index is 13.2. The van der Waals surface area contributed by atoms with Crippen LogP contribution in [0.5, 0.6) is 0 Å². The lowest BCUT2D eigenvalue weighted by atomic mass is 9.82. The van der Waals surface area contributed by atoms with Crippen LogP contribution >= 0.6 is 0 Å². The summed E-state index contributed by atoms with van der Waals surface area (Å²) in [5.41, 5.74) is 4.23. The van der Waals surface area contributed by atoms with Gasteiger partial charge in [0.15, 0.2) is 0 Å². The van der Waals surface area contributed by atoms with Crippen molar-refractivity contribution in [1.82, 2.24) is 0 Å². The standard InChI is InChI=1S/C25H30N2O4/c1-16(2)27-21-15-18(14-20(23(28)30-5)22(21)25(3,4)24(27)29)17-6-8-19(9-7-17)26-10-12-31-13-11-26/h6-9,14-16H,10-13H2,1-5H3. The van der Waals surface area contributed by atoms with E-state index in [2.05, 4.69) is 29.2 Å². The topological polar surface area (TPSA) is 59.1 Å². The van der Waals surface area contributed by atoms with Gasteiger partial charge in [-0.15, -0.1) is 0 Å². The smallest absolute Gasteiger partial charge is 0.338 e. The molecule has 0 bridgehead atoms. The Morgan fingerprint density at radius 2 is 1.71 bits per heavy atom. The minimum absolute atomic E-state index is 0.00229. The summed E-state index contributed by atoms with van der Waals surface area (Å²) in [6.07, 6.45) is 0. The molecular formula is C25H30N2O4. The molecule has 0 unspecified atom stereocenters. The number of benzene rings is 2. The third kappa shape index (κ3) is 3.59. The zero-order valence-electron chi connectivity index (χ0n) is 18.9. The number of amides is 1. The molecule has 0 aromatic heterocycles. The van der Waals surface area contributed by atoms with Crippen LogP contribution in [0.2, 0.25) is 0 Å². The Bertz CT molecular complexity index is 1000. The number of rotatable bonds is 4. The number of hydrogen-bond acceptors (Lipinski definition) is 5. The minimum Gasteiger partial charge on any atom is -0.465 e. The summed E-state index contributed by atoms with van der Waals surface area (Å²) in [5.74, 6) is -0.419. The zero-order valence-corrected chi connectivity index (χ0v) is 18.9. The van der Waals surface area contributed by atoms with Crippen LogP contribution in [0.3, 0.4) is 0 Å². The monoisotopic (exact) mass is 422 g/mol. The summed E-state index contributed by atoms with van der Waals surface area (Å²) in [6.45, 7) is 11.0. The molecule has 4 rings (SSSR count). The van der Waals surface area contributed by atoms with Gasteiger partial charge in [0.05, 0.1) is 31.3 Å². The second-order valence-corrected chi connectivity index (χ2v) is 8.95. The van der Waals surface area contributed by atoms with Gasteiger partial charge in [-0.25, -0.2) is 4.79 Å². The van der Waals surface area contributed by atoms with Crippen molar-refractivity contribution >= 4 is 23.3 Å². The fourth-order valence-corrected chi connectivity index (χ4v) is 4.63. The van der Waals surface area contributed by atoms with Gasteiger partial charge in [-0.05, 0) is 63.1 Å². The fourth-order valence-electron chi connectivity index (χ4n) is 4.63. The molecule has 0 radical (unpaired) electrons. The summed E-state index contributed by atoms with van der Waals surface area (Å²) in [7, 11) is 1.38. The molecule has 2 heterocycles. The number of methoxy groups -OCH3 is 1. The first-order valence-corrected chi connectivity index (χ1v) is 10.8. The first-order valence-electron chi connectivity index (χ1n) is 10.8. The van der Waals surface area contributed by atoms with Gasteiger partial charge in [-0.3, -0.25) is 4.79 Å². The molecule has 0 saturated carbocycles. The van der Waals surface area contributed by atoms with Crippen molar-refractivity contribution in [3.8, 4) is 11.1 Å². The maximum Gasteiger partial charge on any atom is 0.338 e. The summed E-state index contributed by atoms with van der Waals surface area (Å²) in [5, 5.41) is 0. The predicted molar refractivity (Wildman–Crippen MR) is 122 cm³/mol. The van der Waals surface area contributed by atoms with Gasteiger partial charge in [0.25, 0.3) is 0 Å². The highest BCUT2D eigenvalue weighted by Crippen LogP contribution is 2.46. The summed E-state index contributed by atoms with van der Waals surface area (Å²) in [4.78, 5) is 30.0. The summed E-state index contributed by atoms with van der Waals surface area (Å²) < 4.78 is 10.5. The van der Waals surface area contributed by atoms with Crippen molar-refractivity contribution in [2.24, 2.45) is 0 Å². The highest BCUT2D eigenvalue weighted by Gasteiger charge is 2.47. The number of carbonyl (C=O) groups excluding carboxylic acids is 2. The molecule has 2 aromatic carbocycles. The van der Waals surface area contributed by atoms with E-state index in [1.165, 1.54) is 7.11 Å². The number of anilines is 2. The Kier molecular flexibility index (Phi) is 5.52. The number of esters is 1. The Morgan fingerprint density at radius 1 is 1.06 bits per heavy atom. The molecule has 0 N–H and O–H groups in total. The van der Waals surface area contributed by atoms with E-state index in [4.69, 9.17) is 9.47 Å². The van der Waals surface area contributed by atoms with Crippen molar-refractivity contribution in [3.63, 3.8) is 0 Å². The van der Waals surface area contributed by atoms with Crippen LogP contribution in [-0.2, 0) is 19.7 Å². The second-order valence-electron chi connectivity index (χ2n) is 8.95. The van der Waals surface area contributed by atoms with Crippen LogP contribution in [0.4, 0.5) is 11.4 Å². The zero-order chi connectivity index (χ0) is 22.3. The molecule has 0 spiro atoms. The quantitative estimate of drug-likeness (QED) is 0.697. The Balaban J connectivity index is 1.81. The number of fused-ring (bicyclic) bond motifs is 1. The molecule has 0 aliphatic carbocycles. The molecule has 1 fully saturated rings. The van der Waals surface area contributed by atoms with Crippen LogP contribution in [-0.4, -0.2) is 51.3 Å². The molecular weight excluding hydrogens is 392 g/mol. The molecule has 2 aromatic rings. The van der Waals surface area contributed by atoms with Gasteiger partial charge in [0.1, 0.15) is 0 Å². The lowest BCUT2D eigenvalue weighted by Crippen LogP contribution is -2.40. The van der Waals surface area contributed by atoms with E-state index in [0.717, 1.165) is 54.4 Å². The van der Waals surface area contributed by atoms with Crippen molar-refractivity contribution in [2.75, 3.05) is 43.2 Å². The maximum absolute atomic E-state index is 13.2. The number of hydrogen-bond donors (Lipinski definition) is 0. The number of morpholine rings is 1. The largest absolute Gasteiger partial charge is 0.465 e. The first kappa shape index (κ1) is 21.4. The van der Waals surface area contributed by atoms with Crippen LogP contribution < -0.4 is 9.80 Å². The number of carbonyl (C=O) groups is 2. The molecule has 0 atom stereocenters. The van der Waals surface area contributed by atoms with Crippen LogP contribution in [0.1, 0.15) is 43.6 Å². The van der Waals surface area contributed by atoms with Gasteiger partial charge < -0.3 is 19.3 Å². The van der Waals surface area contributed by atoms with E-state index in [1.54, 1.807) is 4.90 Å². The number of ether oxygens (including phenoxy) is 2. The van der Waals surface area contributed by atoms with Gasteiger partial charge in [-0.2, -0.15) is 0 Å². The molecule has 1 saturated heterocycles. The molecule has 1 amide bonds. The Morgan fingerprint density at radius 3 is 2.29 bits per heavy atom. The van der Waals surface area contributed by atoms with Gasteiger partial charge in [0, 0.05) is 36.1 Å². The predicted octanol–water partition coefficient (Wildman–Crippen LogP) is 4.01. The van der Waals surface area contributed by atoms with E-state index in [9.17, 15) is 9.59 Å². The highest BCUT2D eigenvalue weighted by molar-refractivity contribution is 6.12. The van der Waals surface area contributed by atoms with Crippen LogP contribution in [0, 0.1) is 0 Å². The van der Waals surface area contributed by atoms with Gasteiger partial charge in [-0.1, -0.05) is 12.1 Å². The third-order valence-corrected chi connectivity index (χ3v) is 6.25. The van der Waals surface area contributed by atoms with Crippen LogP contribution in [0.25, 0.3) is 11.1 Å². The molecule has 164 valence electrons. The van der Waals surface area contributed by atoms with Crippen molar-refractivity contribution in [3.05, 3.63) is 47.5 Å². The van der Waals surface area contributed by atoms with Gasteiger partial charge in [0.2, 0.25) is 5.91 Å². The molecule has 6 nitrogen and oxygen atoms in total. The highest BCUT2D eigenvalue weighted by atomic mass is 16.5. The van der Waals surface area contributed by atoms with Gasteiger partial charge >= 0.3 is 5.97 Å². The lowest BCUT2D eigenvalue weighted by molar-refractivity contribution is -0.122. The molecule has 2 aliphatic heterocycles. The average Bonchev–Trinajstić information content (AvgIpc) is 2.98. The molecule has 31 heavy (non-hydrogen) atoms. The van der Waals surface area contributed by atoms with E-state index in [-0.39, 0.29) is 11.9 Å². The SMILES string of the molecule is COC(=O)c1cc(-c2ccc(N3CCOCC3)cc2)cc2c1C(C)(C)C(=O)N2C(C)C. The molecule has 6 heteroatoms. The average molecular weight is 423 g/mol. The third-order valence-electron chi connectivity index (χ3n) is 6.25.